The van der Waals surface area contributed by atoms with Crippen molar-refractivity contribution in [1.82, 2.24) is 10.3 Å². The van der Waals surface area contributed by atoms with Crippen LogP contribution in [0.1, 0.15) is 47.7 Å². The Morgan fingerprint density at radius 1 is 1.08 bits per heavy atom. The molecule has 1 amide bonds. The van der Waals surface area contributed by atoms with Gasteiger partial charge in [0, 0.05) is 13.1 Å². The summed E-state index contributed by atoms with van der Waals surface area (Å²) in [6.07, 6.45) is -12.3. The quantitative estimate of drug-likeness (QED) is 0.518. The average molecular weight is 533 g/mol. The summed E-state index contributed by atoms with van der Waals surface area (Å²) in [6.45, 7) is 2.01. The highest BCUT2D eigenvalue weighted by Crippen LogP contribution is 2.39. The van der Waals surface area contributed by atoms with Gasteiger partial charge in [0.25, 0.3) is 0 Å². The first-order valence-corrected chi connectivity index (χ1v) is 11.2. The second-order valence-electron chi connectivity index (χ2n) is 8.71. The normalized spacial score (nSPS) is 22.1. The molecule has 0 saturated carbocycles. The number of halogens is 7. The minimum Gasteiger partial charge on any atom is -0.349 e. The Morgan fingerprint density at radius 2 is 1.70 bits per heavy atom. The van der Waals surface area contributed by atoms with Gasteiger partial charge in [0.15, 0.2) is 6.29 Å². The molecule has 0 aliphatic carbocycles. The fourth-order valence-electron chi connectivity index (χ4n) is 4.23. The van der Waals surface area contributed by atoms with Gasteiger partial charge in [0.05, 0.1) is 42.0 Å². The number of amides is 1. The van der Waals surface area contributed by atoms with E-state index < -0.39 is 47.7 Å². The van der Waals surface area contributed by atoms with E-state index in [2.05, 4.69) is 10.5 Å². The van der Waals surface area contributed by atoms with Gasteiger partial charge in [-0.05, 0) is 48.4 Å². The second-order valence-corrected chi connectivity index (χ2v) is 8.71. The summed E-state index contributed by atoms with van der Waals surface area (Å²) in [7, 11) is 0. The van der Waals surface area contributed by atoms with Gasteiger partial charge in [-0.1, -0.05) is 12.1 Å². The zero-order chi connectivity index (χ0) is 27.0. The highest BCUT2D eigenvalue weighted by atomic mass is 19.4. The average Bonchev–Trinajstić information content (AvgIpc) is 3.23. The summed E-state index contributed by atoms with van der Waals surface area (Å²) < 4.78 is 105. The lowest BCUT2D eigenvalue weighted by Gasteiger charge is -2.42. The van der Waals surface area contributed by atoms with Crippen molar-refractivity contribution in [1.29, 1.82) is 0 Å². The first-order valence-electron chi connectivity index (χ1n) is 11.2. The van der Waals surface area contributed by atoms with Crippen LogP contribution in [0.4, 0.5) is 30.7 Å². The number of benzene rings is 2. The molecule has 200 valence electrons. The zero-order valence-electron chi connectivity index (χ0n) is 19.4. The number of morpholine rings is 1. The van der Waals surface area contributed by atoms with E-state index in [0.717, 1.165) is 0 Å². The molecule has 37 heavy (non-hydrogen) atoms. The first kappa shape index (κ1) is 27.0. The molecule has 2 aromatic rings. The van der Waals surface area contributed by atoms with Gasteiger partial charge in [-0.2, -0.15) is 31.4 Å². The van der Waals surface area contributed by atoms with Crippen LogP contribution in [-0.4, -0.2) is 42.5 Å². The molecule has 6 nitrogen and oxygen atoms in total. The molecular weight excluding hydrogens is 511 g/mol. The fourth-order valence-corrected chi connectivity index (χ4v) is 4.23. The van der Waals surface area contributed by atoms with E-state index in [1.165, 1.54) is 31.2 Å². The number of nitrogens with zero attached hydrogens (tertiary/aromatic N) is 2. The molecule has 1 N–H and O–H groups in total. The van der Waals surface area contributed by atoms with Gasteiger partial charge in [-0.3, -0.25) is 9.69 Å². The van der Waals surface area contributed by atoms with Gasteiger partial charge >= 0.3 is 12.4 Å². The minimum atomic E-state index is -5.00. The SMILES string of the molecule is C[C@@H](O[C@H]1OCCN(CC2=NNC(=O)C2)[C@H]1c1ccc(F)cc1)c1cc(C(F)(F)F)cc(C(F)(F)F)c1. The van der Waals surface area contributed by atoms with Crippen molar-refractivity contribution in [3.8, 4) is 0 Å². The van der Waals surface area contributed by atoms with Crippen LogP contribution in [0.25, 0.3) is 0 Å². The highest BCUT2D eigenvalue weighted by Gasteiger charge is 2.39. The Balaban J connectivity index is 1.64. The van der Waals surface area contributed by atoms with E-state index in [9.17, 15) is 35.5 Å². The standard InChI is InChI=1S/C24H22F7N3O3/c1-13(15-8-16(23(26,27)28)10-17(9-15)24(29,30)31)37-22-21(14-2-4-18(25)5-3-14)34(6-7-36-22)12-19-11-20(35)33-32-19/h2-5,8-10,13,21-22H,6-7,11-12H2,1H3,(H,33,35)/t13-,21+,22-/m1/s1. The van der Waals surface area contributed by atoms with Crippen LogP contribution >= 0.6 is 0 Å². The predicted octanol–water partition coefficient (Wildman–Crippen LogP) is 5.22. The van der Waals surface area contributed by atoms with Gasteiger partial charge in [-0.25, -0.2) is 9.82 Å². The molecule has 4 rings (SSSR count). The third-order valence-corrected chi connectivity index (χ3v) is 6.03. The molecule has 0 aromatic heterocycles. The molecule has 2 aliphatic rings. The van der Waals surface area contributed by atoms with E-state index in [0.29, 0.717) is 30.0 Å². The van der Waals surface area contributed by atoms with Crippen LogP contribution in [0, 0.1) is 5.82 Å². The molecule has 3 atom stereocenters. The summed E-state index contributed by atoms with van der Waals surface area (Å²) in [5, 5.41) is 3.97. The molecule has 2 aliphatic heterocycles. The maximum Gasteiger partial charge on any atom is 0.416 e. The number of nitrogens with one attached hydrogen (secondary N) is 1. The van der Waals surface area contributed by atoms with E-state index in [1.54, 1.807) is 0 Å². The number of carbonyl (C=O) groups is 1. The fraction of sp³-hybridized carbons (Fsp3) is 0.417. The van der Waals surface area contributed by atoms with Crippen LogP contribution in [0.3, 0.4) is 0 Å². The predicted molar refractivity (Wildman–Crippen MR) is 117 cm³/mol. The molecule has 2 aromatic carbocycles. The molecule has 0 bridgehead atoms. The molecule has 0 radical (unpaired) electrons. The minimum absolute atomic E-state index is 0.0496. The lowest BCUT2D eigenvalue weighted by molar-refractivity contribution is -0.227. The number of hydrogen-bond acceptors (Lipinski definition) is 5. The van der Waals surface area contributed by atoms with Gasteiger partial charge < -0.3 is 9.47 Å². The maximum absolute atomic E-state index is 13.6. The van der Waals surface area contributed by atoms with Crippen molar-refractivity contribution in [2.45, 2.75) is 44.1 Å². The summed E-state index contributed by atoms with van der Waals surface area (Å²) in [4.78, 5) is 13.4. The summed E-state index contributed by atoms with van der Waals surface area (Å²) >= 11 is 0. The second kappa shape index (κ2) is 10.4. The lowest BCUT2D eigenvalue weighted by atomic mass is 10.0. The number of hydrogen-bond donors (Lipinski definition) is 1. The van der Waals surface area contributed by atoms with Crippen molar-refractivity contribution < 1.29 is 45.0 Å². The Labute approximate surface area is 207 Å². The van der Waals surface area contributed by atoms with Gasteiger partial charge in [0.2, 0.25) is 5.91 Å². The van der Waals surface area contributed by atoms with E-state index in [4.69, 9.17) is 9.47 Å². The maximum atomic E-state index is 13.6. The van der Waals surface area contributed by atoms with Gasteiger partial charge in [-0.15, -0.1) is 0 Å². The third kappa shape index (κ3) is 6.46. The molecular formula is C24H22F7N3O3. The Hall–Kier alpha value is -3.03. The van der Waals surface area contributed by atoms with E-state index in [1.807, 2.05) is 4.90 Å². The van der Waals surface area contributed by atoms with E-state index in [-0.39, 0.29) is 37.1 Å². The van der Waals surface area contributed by atoms with Crippen molar-refractivity contribution in [2.75, 3.05) is 19.7 Å². The van der Waals surface area contributed by atoms with Crippen molar-refractivity contribution in [3.63, 3.8) is 0 Å². The number of hydrazone groups is 1. The topological polar surface area (TPSA) is 63.2 Å². The van der Waals surface area contributed by atoms with Crippen molar-refractivity contribution in [3.05, 3.63) is 70.5 Å². The summed E-state index contributed by atoms with van der Waals surface area (Å²) in [5.41, 5.74) is 0.168. The number of alkyl halides is 6. The Kier molecular flexibility index (Phi) is 7.58. The van der Waals surface area contributed by atoms with Crippen LogP contribution in [0.5, 0.6) is 0 Å². The zero-order valence-corrected chi connectivity index (χ0v) is 19.4. The van der Waals surface area contributed by atoms with E-state index >= 15 is 0 Å². The van der Waals surface area contributed by atoms with Crippen LogP contribution in [0.15, 0.2) is 47.6 Å². The van der Waals surface area contributed by atoms with Crippen LogP contribution < -0.4 is 5.43 Å². The highest BCUT2D eigenvalue weighted by molar-refractivity contribution is 6.05. The molecule has 1 fully saturated rings. The lowest BCUT2D eigenvalue weighted by Crippen LogP contribution is -2.48. The van der Waals surface area contributed by atoms with Gasteiger partial charge in [0.1, 0.15) is 5.82 Å². The molecule has 0 spiro atoms. The smallest absolute Gasteiger partial charge is 0.349 e. The third-order valence-electron chi connectivity index (χ3n) is 6.03. The first-order chi connectivity index (χ1) is 17.3. The number of rotatable bonds is 6. The summed E-state index contributed by atoms with van der Waals surface area (Å²) in [5.74, 6) is -0.787. The van der Waals surface area contributed by atoms with Crippen LogP contribution in [-0.2, 0) is 26.6 Å². The molecule has 1 saturated heterocycles. The summed E-state index contributed by atoms with van der Waals surface area (Å²) in [6, 6.07) is 5.93. The monoisotopic (exact) mass is 533 g/mol. The number of ether oxygens (including phenoxy) is 2. The Morgan fingerprint density at radius 3 is 2.24 bits per heavy atom. The van der Waals surface area contributed by atoms with Crippen LogP contribution in [0.2, 0.25) is 0 Å². The van der Waals surface area contributed by atoms with Crippen molar-refractivity contribution in [2.24, 2.45) is 5.10 Å². The van der Waals surface area contributed by atoms with Crippen molar-refractivity contribution >= 4 is 11.6 Å². The molecule has 2 heterocycles. The number of carbonyl (C=O) groups excluding carboxylic acids is 1. The Bertz CT molecular complexity index is 1130. The largest absolute Gasteiger partial charge is 0.416 e. The molecule has 13 heteroatoms. The molecule has 0 unspecified atom stereocenters.